The molecule has 2 atom stereocenters. The molecule has 4 rings (SSSR count). The Kier molecular flexibility index (Phi) is 7.26. The average molecular weight is 566 g/mol. The van der Waals surface area contributed by atoms with Crippen LogP contribution in [0.5, 0.6) is 0 Å². The maximum Gasteiger partial charge on any atom is 0.421 e. The number of carbonyl (C=O) groups excluding carboxylic acids is 2. The maximum atomic E-state index is 13.4. The first-order chi connectivity index (χ1) is 18.1. The summed E-state index contributed by atoms with van der Waals surface area (Å²) in [6.45, 7) is 1.97. The van der Waals surface area contributed by atoms with Crippen molar-refractivity contribution in [3.8, 4) is 6.07 Å². The number of benzene rings is 2. The zero-order valence-corrected chi connectivity index (χ0v) is 21.9. The Morgan fingerprint density at radius 2 is 1.85 bits per heavy atom. The number of fused-ring (bicyclic) bond motifs is 1. The summed E-state index contributed by atoms with van der Waals surface area (Å²) >= 11 is 0. The molecule has 2 amide bonds. The fraction of sp³-hybridized carbons (Fsp3) is 0.423. The molecule has 39 heavy (non-hydrogen) atoms. The van der Waals surface area contributed by atoms with Gasteiger partial charge in [-0.1, -0.05) is 18.2 Å². The van der Waals surface area contributed by atoms with E-state index in [2.05, 4.69) is 11.4 Å². The van der Waals surface area contributed by atoms with E-state index in [1.807, 2.05) is 0 Å². The van der Waals surface area contributed by atoms with E-state index in [1.165, 1.54) is 42.2 Å². The van der Waals surface area contributed by atoms with Crippen molar-refractivity contribution in [3.05, 3.63) is 59.2 Å². The first kappa shape index (κ1) is 28.5. The molecule has 2 unspecified atom stereocenters. The van der Waals surface area contributed by atoms with Crippen LogP contribution in [-0.2, 0) is 36.0 Å². The number of rotatable bonds is 8. The van der Waals surface area contributed by atoms with Crippen LogP contribution in [0.4, 0.5) is 18.9 Å². The van der Waals surface area contributed by atoms with Crippen LogP contribution in [0.1, 0.15) is 55.8 Å². The van der Waals surface area contributed by atoms with Gasteiger partial charge in [0.15, 0.2) is 5.60 Å². The molecule has 0 radical (unpaired) electrons. The van der Waals surface area contributed by atoms with E-state index in [0.717, 1.165) is 12.1 Å². The lowest BCUT2D eigenvalue weighted by atomic mass is 9.95. The molecule has 0 spiro atoms. The lowest BCUT2D eigenvalue weighted by molar-refractivity contribution is -0.258. The quantitative estimate of drug-likeness (QED) is 0.463. The molecule has 0 saturated heterocycles. The number of nitrogens with zero attached hydrogens (tertiary/aromatic N) is 2. The number of halogens is 3. The molecule has 2 aromatic rings. The van der Waals surface area contributed by atoms with E-state index in [-0.39, 0.29) is 30.2 Å². The number of hydrogen-bond donors (Lipinski definition) is 2. The smallest absolute Gasteiger partial charge is 0.376 e. The van der Waals surface area contributed by atoms with E-state index >= 15 is 0 Å². The van der Waals surface area contributed by atoms with Crippen molar-refractivity contribution >= 4 is 27.6 Å². The normalized spacial score (nSPS) is 19.5. The van der Waals surface area contributed by atoms with Gasteiger partial charge in [-0.15, -0.1) is 0 Å². The number of nitrogens with one attached hydrogen (secondary N) is 1. The van der Waals surface area contributed by atoms with Crippen LogP contribution in [0.15, 0.2) is 47.4 Å². The van der Waals surface area contributed by atoms with Crippen molar-refractivity contribution in [2.75, 3.05) is 11.9 Å². The van der Waals surface area contributed by atoms with E-state index in [0.29, 0.717) is 30.9 Å². The van der Waals surface area contributed by atoms with Crippen LogP contribution in [0.3, 0.4) is 0 Å². The van der Waals surface area contributed by atoms with Crippen LogP contribution in [0.2, 0.25) is 0 Å². The van der Waals surface area contributed by atoms with Gasteiger partial charge < -0.3 is 15.3 Å². The van der Waals surface area contributed by atoms with Gasteiger partial charge in [0, 0.05) is 18.7 Å². The van der Waals surface area contributed by atoms with Crippen molar-refractivity contribution in [3.63, 3.8) is 0 Å². The average Bonchev–Trinajstić information content (AvgIpc) is 3.52. The van der Waals surface area contributed by atoms with Gasteiger partial charge in [-0.05, 0) is 67.6 Å². The first-order valence-electron chi connectivity index (χ1n) is 12.1. The second-order valence-electron chi connectivity index (χ2n) is 9.85. The summed E-state index contributed by atoms with van der Waals surface area (Å²) in [5.41, 5.74) is -3.42. The largest absolute Gasteiger partial charge is 0.421 e. The Balaban J connectivity index is 1.63. The monoisotopic (exact) mass is 565 g/mol. The third-order valence-corrected chi connectivity index (χ3v) is 8.42. The van der Waals surface area contributed by atoms with Crippen LogP contribution in [0, 0.1) is 16.7 Å². The molecule has 1 aliphatic heterocycles. The number of amides is 2. The van der Waals surface area contributed by atoms with Crippen LogP contribution >= 0.6 is 0 Å². The van der Waals surface area contributed by atoms with E-state index in [4.69, 9.17) is 4.18 Å². The minimum Gasteiger partial charge on any atom is -0.376 e. The lowest BCUT2D eigenvalue weighted by Gasteiger charge is -2.27. The van der Waals surface area contributed by atoms with Gasteiger partial charge in [0.05, 0.1) is 23.0 Å². The number of anilines is 1. The molecular formula is C26H26F3N3O6S. The molecule has 13 heteroatoms. The Bertz CT molecular complexity index is 1440. The summed E-state index contributed by atoms with van der Waals surface area (Å²) in [6.07, 6.45) is -3.91. The highest BCUT2D eigenvalue weighted by Gasteiger charge is 2.51. The second-order valence-corrected chi connectivity index (χ2v) is 11.5. The summed E-state index contributed by atoms with van der Waals surface area (Å²) in [6, 6.07) is 9.43. The molecule has 2 aliphatic rings. The maximum absolute atomic E-state index is 13.4. The fourth-order valence-corrected chi connectivity index (χ4v) is 5.41. The molecule has 9 nitrogen and oxygen atoms in total. The van der Waals surface area contributed by atoms with Crippen molar-refractivity contribution < 1.29 is 40.5 Å². The molecule has 1 fully saturated rings. The Labute approximate surface area is 223 Å². The van der Waals surface area contributed by atoms with Gasteiger partial charge in [0.2, 0.25) is 5.91 Å². The highest BCUT2D eigenvalue weighted by molar-refractivity contribution is 7.86. The standard InChI is InChI=1S/C26H26F3N3O6S/c1-3-38-39(36,37)19-8-9-20-16(12-19)14-32(21(33)13-25(15-30)10-11-25)22(20)23(34)31-18-6-4-17(5-7-18)24(2,35)26(27,28)29/h4-9,12,22,35H,3,10-11,13-14H2,1-2H3,(H,31,34). The van der Waals surface area contributed by atoms with Gasteiger partial charge in [-0.2, -0.15) is 26.9 Å². The third-order valence-electron chi connectivity index (χ3n) is 7.04. The highest BCUT2D eigenvalue weighted by atomic mass is 32.2. The predicted octanol–water partition coefficient (Wildman–Crippen LogP) is 3.90. The Morgan fingerprint density at radius 3 is 2.38 bits per heavy atom. The van der Waals surface area contributed by atoms with Crippen LogP contribution in [-0.4, -0.2) is 43.0 Å². The molecular weight excluding hydrogens is 539 g/mol. The number of nitriles is 1. The van der Waals surface area contributed by atoms with Gasteiger partial charge in [-0.3, -0.25) is 13.8 Å². The zero-order chi connectivity index (χ0) is 28.8. The molecule has 2 N–H and O–H groups in total. The van der Waals surface area contributed by atoms with E-state index in [9.17, 15) is 41.5 Å². The molecule has 1 saturated carbocycles. The second kappa shape index (κ2) is 9.93. The fourth-order valence-electron chi connectivity index (χ4n) is 4.44. The third kappa shape index (κ3) is 5.50. The molecule has 208 valence electrons. The molecule has 1 heterocycles. The SMILES string of the molecule is CCOS(=O)(=O)c1ccc2c(c1)CN(C(=O)CC1(C#N)CC1)C2C(=O)Nc1ccc(C(C)(O)C(F)(F)F)cc1. The van der Waals surface area contributed by atoms with E-state index < -0.39 is 50.7 Å². The number of carbonyl (C=O) groups is 2. The Morgan fingerprint density at radius 1 is 1.21 bits per heavy atom. The first-order valence-corrected chi connectivity index (χ1v) is 13.5. The van der Waals surface area contributed by atoms with E-state index in [1.54, 1.807) is 0 Å². The number of hydrogen-bond acceptors (Lipinski definition) is 7. The van der Waals surface area contributed by atoms with Crippen LogP contribution in [0.25, 0.3) is 0 Å². The zero-order valence-electron chi connectivity index (χ0n) is 21.1. The lowest BCUT2D eigenvalue weighted by Crippen LogP contribution is -2.39. The van der Waals surface area contributed by atoms with Gasteiger partial charge in [0.25, 0.3) is 16.0 Å². The number of alkyl halides is 3. The summed E-state index contributed by atoms with van der Waals surface area (Å²) in [7, 11) is -4.05. The Hall–Kier alpha value is -3.47. The summed E-state index contributed by atoms with van der Waals surface area (Å²) in [4.78, 5) is 27.8. The molecule has 2 aromatic carbocycles. The van der Waals surface area contributed by atoms with Gasteiger partial charge in [0.1, 0.15) is 6.04 Å². The summed E-state index contributed by atoms with van der Waals surface area (Å²) in [5, 5.41) is 21.9. The van der Waals surface area contributed by atoms with Crippen molar-refractivity contribution in [1.29, 1.82) is 5.26 Å². The highest BCUT2D eigenvalue weighted by Crippen LogP contribution is 2.49. The predicted molar refractivity (Wildman–Crippen MR) is 131 cm³/mol. The topological polar surface area (TPSA) is 137 Å². The summed E-state index contributed by atoms with van der Waals surface area (Å²) in [5.74, 6) is -1.14. The summed E-state index contributed by atoms with van der Waals surface area (Å²) < 4.78 is 69.1. The minimum atomic E-state index is -4.91. The van der Waals surface area contributed by atoms with Crippen LogP contribution < -0.4 is 5.32 Å². The molecule has 1 aliphatic carbocycles. The van der Waals surface area contributed by atoms with Crippen molar-refractivity contribution in [1.82, 2.24) is 4.90 Å². The van der Waals surface area contributed by atoms with Crippen molar-refractivity contribution in [2.24, 2.45) is 5.41 Å². The van der Waals surface area contributed by atoms with Gasteiger partial charge >= 0.3 is 6.18 Å². The minimum absolute atomic E-state index is 0.0809. The van der Waals surface area contributed by atoms with Crippen molar-refractivity contribution in [2.45, 2.75) is 62.4 Å². The number of aliphatic hydroxyl groups is 1. The molecule has 0 aromatic heterocycles. The van der Waals surface area contributed by atoms with Gasteiger partial charge in [-0.25, -0.2) is 0 Å². The molecule has 0 bridgehead atoms.